The minimum Gasteiger partial charge on any atom is -0.411 e. The second-order valence-electron chi connectivity index (χ2n) is 4.81. The number of benzene rings is 2. The molecule has 0 aliphatic heterocycles. The highest BCUT2D eigenvalue weighted by molar-refractivity contribution is 7.99. The highest BCUT2D eigenvalue weighted by atomic mass is 35.5. The number of amides is 1. The molecule has 25 heavy (non-hydrogen) atoms. The molecule has 3 aromatic rings. The van der Waals surface area contributed by atoms with Crippen LogP contribution in [-0.2, 0) is 4.79 Å². The van der Waals surface area contributed by atoms with Crippen molar-refractivity contribution in [1.82, 2.24) is 10.2 Å². The fourth-order valence-corrected chi connectivity index (χ4v) is 2.70. The zero-order chi connectivity index (χ0) is 17.8. The molecule has 1 N–H and O–H groups in total. The number of anilines is 1. The number of thioether (sulfide) groups is 1. The largest absolute Gasteiger partial charge is 0.411 e. The number of carbonyl (C=O) groups excluding carboxylic acids is 1. The lowest BCUT2D eigenvalue weighted by Gasteiger charge is -2.05. The number of rotatable bonds is 5. The number of nitrogens with one attached hydrogen (secondary N) is 1. The third kappa shape index (κ3) is 4.34. The topological polar surface area (TPSA) is 68.0 Å². The van der Waals surface area contributed by atoms with Gasteiger partial charge >= 0.3 is 0 Å². The van der Waals surface area contributed by atoms with Crippen LogP contribution in [0, 0.1) is 11.6 Å². The molecule has 9 heteroatoms. The molecular weight excluding hydrogens is 372 g/mol. The molecule has 0 atom stereocenters. The third-order valence-electron chi connectivity index (χ3n) is 3.04. The van der Waals surface area contributed by atoms with Crippen LogP contribution >= 0.6 is 23.4 Å². The number of hydrogen-bond acceptors (Lipinski definition) is 5. The fourth-order valence-electron chi connectivity index (χ4n) is 1.92. The molecule has 0 aliphatic rings. The molecule has 0 saturated heterocycles. The van der Waals surface area contributed by atoms with Gasteiger partial charge in [0.25, 0.3) is 5.22 Å². The van der Waals surface area contributed by atoms with Gasteiger partial charge in [-0.1, -0.05) is 35.5 Å². The number of halogens is 3. The van der Waals surface area contributed by atoms with Gasteiger partial charge in [0.1, 0.15) is 11.6 Å². The highest BCUT2D eigenvalue weighted by Gasteiger charge is 2.14. The van der Waals surface area contributed by atoms with Crippen LogP contribution in [0.1, 0.15) is 0 Å². The van der Waals surface area contributed by atoms with E-state index in [2.05, 4.69) is 15.5 Å². The minimum atomic E-state index is -0.724. The Morgan fingerprint density at radius 3 is 2.80 bits per heavy atom. The lowest BCUT2D eigenvalue weighted by molar-refractivity contribution is -0.113. The van der Waals surface area contributed by atoms with E-state index in [0.29, 0.717) is 10.6 Å². The summed E-state index contributed by atoms with van der Waals surface area (Å²) in [7, 11) is 0. The van der Waals surface area contributed by atoms with Crippen molar-refractivity contribution >= 4 is 35.0 Å². The summed E-state index contributed by atoms with van der Waals surface area (Å²) in [6.07, 6.45) is 0. The summed E-state index contributed by atoms with van der Waals surface area (Å²) in [5.74, 6) is -1.79. The number of aromatic nitrogens is 2. The predicted octanol–water partition coefficient (Wildman–Crippen LogP) is 4.40. The maximum Gasteiger partial charge on any atom is 0.277 e. The third-order valence-corrected chi connectivity index (χ3v) is 4.19. The first-order valence-electron chi connectivity index (χ1n) is 6.99. The van der Waals surface area contributed by atoms with Crippen molar-refractivity contribution in [3.05, 3.63) is 59.1 Å². The second-order valence-corrected chi connectivity index (χ2v) is 6.15. The zero-order valence-corrected chi connectivity index (χ0v) is 14.1. The van der Waals surface area contributed by atoms with Crippen molar-refractivity contribution in [3.63, 3.8) is 0 Å². The van der Waals surface area contributed by atoms with Crippen LogP contribution in [-0.4, -0.2) is 21.9 Å². The Labute approximate surface area is 150 Å². The molecule has 0 spiro atoms. The second kappa shape index (κ2) is 7.62. The molecule has 1 aromatic heterocycles. The molecule has 0 saturated carbocycles. The average Bonchev–Trinajstić information content (AvgIpc) is 3.05. The number of hydrogen-bond donors (Lipinski definition) is 1. The van der Waals surface area contributed by atoms with E-state index in [1.54, 1.807) is 24.3 Å². The summed E-state index contributed by atoms with van der Waals surface area (Å²) in [6, 6.07) is 9.77. The molecule has 3 rings (SSSR count). The van der Waals surface area contributed by atoms with Crippen molar-refractivity contribution in [2.45, 2.75) is 5.22 Å². The first-order valence-corrected chi connectivity index (χ1v) is 8.35. The average molecular weight is 382 g/mol. The molecule has 0 radical (unpaired) electrons. The Bertz CT molecular complexity index is 920. The minimum absolute atomic E-state index is 0.111. The number of carbonyl (C=O) groups is 1. The van der Waals surface area contributed by atoms with Gasteiger partial charge in [-0.05, 0) is 24.3 Å². The van der Waals surface area contributed by atoms with E-state index < -0.39 is 17.5 Å². The molecule has 0 fully saturated rings. The maximum atomic E-state index is 13.5. The summed E-state index contributed by atoms with van der Waals surface area (Å²) >= 11 is 7.02. The molecule has 0 aliphatic carbocycles. The van der Waals surface area contributed by atoms with E-state index in [1.807, 2.05) is 0 Å². The smallest absolute Gasteiger partial charge is 0.277 e. The van der Waals surface area contributed by atoms with Gasteiger partial charge in [-0.3, -0.25) is 4.79 Å². The zero-order valence-electron chi connectivity index (χ0n) is 12.5. The molecule has 0 bridgehead atoms. The van der Waals surface area contributed by atoms with Crippen LogP contribution in [0.4, 0.5) is 14.5 Å². The van der Waals surface area contributed by atoms with Gasteiger partial charge in [-0.25, -0.2) is 8.78 Å². The van der Waals surface area contributed by atoms with E-state index in [9.17, 15) is 13.6 Å². The van der Waals surface area contributed by atoms with Crippen molar-refractivity contribution < 1.29 is 18.0 Å². The molecule has 1 amide bonds. The van der Waals surface area contributed by atoms with Crippen molar-refractivity contribution in [2.75, 3.05) is 11.1 Å². The highest BCUT2D eigenvalue weighted by Crippen LogP contribution is 2.28. The van der Waals surface area contributed by atoms with Crippen LogP contribution in [0.15, 0.2) is 52.1 Å². The number of nitrogens with zero attached hydrogens (tertiary/aromatic N) is 2. The van der Waals surface area contributed by atoms with Crippen LogP contribution < -0.4 is 5.32 Å². The van der Waals surface area contributed by atoms with Crippen molar-refractivity contribution in [1.29, 1.82) is 0 Å². The maximum absolute atomic E-state index is 13.5. The van der Waals surface area contributed by atoms with Gasteiger partial charge in [-0.2, -0.15) is 0 Å². The summed E-state index contributed by atoms with van der Waals surface area (Å²) in [5.41, 5.74) is 0.350. The van der Waals surface area contributed by atoms with Crippen LogP contribution in [0.25, 0.3) is 11.5 Å². The fraction of sp³-hybridized carbons (Fsp3) is 0.0625. The van der Waals surface area contributed by atoms with Crippen LogP contribution in [0.2, 0.25) is 5.02 Å². The van der Waals surface area contributed by atoms with E-state index in [1.165, 1.54) is 0 Å². The lowest BCUT2D eigenvalue weighted by atomic mass is 10.2. The van der Waals surface area contributed by atoms with Gasteiger partial charge < -0.3 is 9.73 Å². The van der Waals surface area contributed by atoms with Gasteiger partial charge in [0.05, 0.1) is 22.0 Å². The molecule has 1 heterocycles. The summed E-state index contributed by atoms with van der Waals surface area (Å²) in [6.45, 7) is 0. The SMILES string of the molecule is O=C(CSc1nnc(-c2ccccc2Cl)o1)Nc1cc(F)ccc1F. The molecule has 0 unspecified atom stereocenters. The summed E-state index contributed by atoms with van der Waals surface area (Å²) in [5, 5.41) is 10.6. The lowest BCUT2D eigenvalue weighted by Crippen LogP contribution is -2.15. The van der Waals surface area contributed by atoms with E-state index in [0.717, 1.165) is 30.0 Å². The van der Waals surface area contributed by atoms with Crippen LogP contribution in [0.5, 0.6) is 0 Å². The van der Waals surface area contributed by atoms with E-state index >= 15 is 0 Å². The summed E-state index contributed by atoms with van der Waals surface area (Å²) in [4.78, 5) is 11.8. The first kappa shape index (κ1) is 17.4. The Hall–Kier alpha value is -2.45. The van der Waals surface area contributed by atoms with Gasteiger partial charge in [0.15, 0.2) is 0 Å². The standard InChI is InChI=1S/C16H10ClF2N3O2S/c17-11-4-2-1-3-10(11)15-21-22-16(24-15)25-8-14(23)20-13-7-9(18)5-6-12(13)19/h1-7H,8H2,(H,20,23). The monoisotopic (exact) mass is 381 g/mol. The Morgan fingerprint density at radius 1 is 1.20 bits per heavy atom. The van der Waals surface area contributed by atoms with E-state index in [-0.39, 0.29) is 22.6 Å². The van der Waals surface area contributed by atoms with Gasteiger partial charge in [0.2, 0.25) is 11.8 Å². The molecular formula is C16H10ClF2N3O2S. The van der Waals surface area contributed by atoms with E-state index in [4.69, 9.17) is 16.0 Å². The molecule has 128 valence electrons. The first-order chi connectivity index (χ1) is 12.0. The predicted molar refractivity (Wildman–Crippen MR) is 90.5 cm³/mol. The molecule has 2 aromatic carbocycles. The van der Waals surface area contributed by atoms with Crippen molar-refractivity contribution in [3.8, 4) is 11.5 Å². The van der Waals surface area contributed by atoms with Gasteiger partial charge in [0, 0.05) is 6.07 Å². The van der Waals surface area contributed by atoms with Crippen LogP contribution in [0.3, 0.4) is 0 Å². The van der Waals surface area contributed by atoms with Crippen molar-refractivity contribution in [2.24, 2.45) is 0 Å². The van der Waals surface area contributed by atoms with Gasteiger partial charge in [-0.15, -0.1) is 10.2 Å². The quantitative estimate of drug-likeness (QED) is 0.663. The Kier molecular flexibility index (Phi) is 5.30. The Balaban J connectivity index is 1.61. The summed E-state index contributed by atoms with van der Waals surface area (Å²) < 4.78 is 32.0. The normalized spacial score (nSPS) is 10.7. The molecule has 5 nitrogen and oxygen atoms in total. The Morgan fingerprint density at radius 2 is 2.00 bits per heavy atom.